The van der Waals surface area contributed by atoms with E-state index in [2.05, 4.69) is 5.32 Å². The predicted molar refractivity (Wildman–Crippen MR) is 62.8 cm³/mol. The Labute approximate surface area is 105 Å². The zero-order chi connectivity index (χ0) is 14.0. The summed E-state index contributed by atoms with van der Waals surface area (Å²) in [4.78, 5) is 42.5. The Bertz CT molecular complexity index is 317. The number of carboxylic acid groups (broad SMARTS) is 1. The van der Waals surface area contributed by atoms with Crippen molar-refractivity contribution in [2.45, 2.75) is 38.6 Å². The highest BCUT2D eigenvalue weighted by atomic mass is 16.4. The van der Waals surface area contributed by atoms with Crippen LogP contribution in [0.3, 0.4) is 0 Å². The van der Waals surface area contributed by atoms with Gasteiger partial charge in [0.2, 0.25) is 12.2 Å². The molecule has 0 aliphatic rings. The number of nitrogens with one attached hydrogen (secondary N) is 2. The SMILES string of the molecule is CCCCC(NCCC(=O)NC(=O)C=O)C(=O)O. The summed E-state index contributed by atoms with van der Waals surface area (Å²) in [5.41, 5.74) is 0. The minimum Gasteiger partial charge on any atom is -0.480 e. The first-order valence-electron chi connectivity index (χ1n) is 5.76. The van der Waals surface area contributed by atoms with Gasteiger partial charge in [0.05, 0.1) is 0 Å². The summed E-state index contributed by atoms with van der Waals surface area (Å²) >= 11 is 0. The number of hydrogen-bond donors (Lipinski definition) is 3. The van der Waals surface area contributed by atoms with Gasteiger partial charge in [0, 0.05) is 13.0 Å². The third-order valence-corrected chi connectivity index (χ3v) is 2.26. The summed E-state index contributed by atoms with van der Waals surface area (Å²) in [6.07, 6.45) is 2.10. The number of carbonyl (C=O) groups excluding carboxylic acids is 3. The maximum Gasteiger partial charge on any atom is 0.320 e. The van der Waals surface area contributed by atoms with Crippen LogP contribution in [0.25, 0.3) is 0 Å². The molecule has 7 nitrogen and oxygen atoms in total. The number of unbranched alkanes of at least 4 members (excludes halogenated alkanes) is 1. The van der Waals surface area contributed by atoms with Gasteiger partial charge in [-0.05, 0) is 6.42 Å². The van der Waals surface area contributed by atoms with Crippen molar-refractivity contribution >= 4 is 24.1 Å². The fourth-order valence-corrected chi connectivity index (χ4v) is 1.31. The molecule has 0 aromatic heterocycles. The second-order valence-corrected chi connectivity index (χ2v) is 3.77. The monoisotopic (exact) mass is 258 g/mol. The molecule has 0 spiro atoms. The van der Waals surface area contributed by atoms with Crippen molar-refractivity contribution in [2.24, 2.45) is 0 Å². The minimum atomic E-state index is -0.999. The van der Waals surface area contributed by atoms with E-state index in [1.54, 1.807) is 0 Å². The molecule has 7 heteroatoms. The fraction of sp³-hybridized carbons (Fsp3) is 0.636. The molecular formula is C11H18N2O5. The van der Waals surface area contributed by atoms with Gasteiger partial charge in [-0.25, -0.2) is 0 Å². The molecule has 1 unspecified atom stereocenters. The smallest absolute Gasteiger partial charge is 0.320 e. The molecule has 102 valence electrons. The van der Waals surface area contributed by atoms with Gasteiger partial charge in [-0.15, -0.1) is 0 Å². The van der Waals surface area contributed by atoms with Gasteiger partial charge in [-0.2, -0.15) is 0 Å². The van der Waals surface area contributed by atoms with Crippen LogP contribution < -0.4 is 10.6 Å². The van der Waals surface area contributed by atoms with E-state index in [4.69, 9.17) is 5.11 Å². The maximum atomic E-state index is 11.1. The number of rotatable bonds is 9. The second-order valence-electron chi connectivity index (χ2n) is 3.77. The first kappa shape index (κ1) is 16.2. The lowest BCUT2D eigenvalue weighted by Gasteiger charge is -2.13. The molecule has 0 aromatic carbocycles. The molecule has 3 N–H and O–H groups in total. The summed E-state index contributed by atoms with van der Waals surface area (Å²) < 4.78 is 0. The van der Waals surface area contributed by atoms with Crippen LogP contribution in [0.2, 0.25) is 0 Å². The first-order chi connectivity index (χ1) is 8.51. The number of imide groups is 1. The molecule has 1 atom stereocenters. The molecule has 0 bridgehead atoms. The van der Waals surface area contributed by atoms with Crippen molar-refractivity contribution in [3.8, 4) is 0 Å². The van der Waals surface area contributed by atoms with Crippen LogP contribution >= 0.6 is 0 Å². The number of carboxylic acids is 1. The Balaban J connectivity index is 3.91. The summed E-state index contributed by atoms with van der Waals surface area (Å²) in [5, 5.41) is 13.4. The van der Waals surface area contributed by atoms with Crippen LogP contribution in [-0.2, 0) is 19.2 Å². The number of aliphatic carboxylic acids is 1. The van der Waals surface area contributed by atoms with Gasteiger partial charge >= 0.3 is 5.97 Å². The van der Waals surface area contributed by atoms with E-state index in [1.165, 1.54) is 0 Å². The van der Waals surface area contributed by atoms with E-state index in [0.29, 0.717) is 6.42 Å². The molecule has 0 heterocycles. The van der Waals surface area contributed by atoms with E-state index in [-0.39, 0.29) is 19.3 Å². The van der Waals surface area contributed by atoms with Crippen LogP contribution in [0, 0.1) is 0 Å². The molecule has 0 aliphatic carbocycles. The van der Waals surface area contributed by atoms with Crippen molar-refractivity contribution in [3.05, 3.63) is 0 Å². The van der Waals surface area contributed by atoms with Crippen LogP contribution in [0.15, 0.2) is 0 Å². The third-order valence-electron chi connectivity index (χ3n) is 2.26. The first-order valence-corrected chi connectivity index (χ1v) is 5.76. The average molecular weight is 258 g/mol. The molecule has 0 radical (unpaired) electrons. The standard InChI is InChI=1S/C11H18N2O5/c1-2-3-4-8(11(17)18)12-6-5-9(15)13-10(16)7-14/h7-8,12H,2-6H2,1H3,(H,17,18)(H,13,15,16). The predicted octanol–water partition coefficient (Wildman–Crippen LogP) is -0.549. The van der Waals surface area contributed by atoms with Gasteiger partial charge < -0.3 is 10.4 Å². The number of aldehydes is 1. The highest BCUT2D eigenvalue weighted by molar-refractivity contribution is 6.27. The highest BCUT2D eigenvalue weighted by Crippen LogP contribution is 2.00. The van der Waals surface area contributed by atoms with Gasteiger partial charge in [-0.3, -0.25) is 24.5 Å². The molecule has 0 saturated heterocycles. The van der Waals surface area contributed by atoms with Crippen LogP contribution in [-0.4, -0.2) is 41.8 Å². The normalized spacial score (nSPS) is 11.6. The number of hydrogen-bond acceptors (Lipinski definition) is 5. The minimum absolute atomic E-state index is 0.00658. The highest BCUT2D eigenvalue weighted by Gasteiger charge is 2.16. The van der Waals surface area contributed by atoms with E-state index in [0.717, 1.165) is 12.8 Å². The summed E-state index contributed by atoms with van der Waals surface area (Å²) in [5.74, 6) is -2.58. The molecule has 0 aliphatic heterocycles. The summed E-state index contributed by atoms with van der Waals surface area (Å²) in [7, 11) is 0. The summed E-state index contributed by atoms with van der Waals surface area (Å²) in [6.45, 7) is 2.09. The molecule has 0 fully saturated rings. The molecule has 0 rings (SSSR count). The lowest BCUT2D eigenvalue weighted by atomic mass is 10.1. The Hall–Kier alpha value is -1.76. The molecular weight excluding hydrogens is 240 g/mol. The zero-order valence-electron chi connectivity index (χ0n) is 10.3. The zero-order valence-corrected chi connectivity index (χ0v) is 10.3. The van der Waals surface area contributed by atoms with E-state index >= 15 is 0 Å². The van der Waals surface area contributed by atoms with Crippen LogP contribution in [0.5, 0.6) is 0 Å². The van der Waals surface area contributed by atoms with Gasteiger partial charge in [0.1, 0.15) is 6.04 Å². The topological polar surface area (TPSA) is 113 Å². The Kier molecular flexibility index (Phi) is 8.38. The van der Waals surface area contributed by atoms with Crippen LogP contribution in [0.1, 0.15) is 32.6 Å². The number of amides is 2. The molecule has 18 heavy (non-hydrogen) atoms. The molecule has 0 saturated carbocycles. The van der Waals surface area contributed by atoms with Gasteiger partial charge in [-0.1, -0.05) is 19.8 Å². The molecule has 2 amide bonds. The van der Waals surface area contributed by atoms with E-state index in [1.807, 2.05) is 12.2 Å². The van der Waals surface area contributed by atoms with Crippen molar-refractivity contribution in [1.82, 2.24) is 10.6 Å². The maximum absolute atomic E-state index is 11.1. The Morgan fingerprint density at radius 2 is 2.00 bits per heavy atom. The van der Waals surface area contributed by atoms with Crippen LogP contribution in [0.4, 0.5) is 0 Å². The van der Waals surface area contributed by atoms with Crippen molar-refractivity contribution < 1.29 is 24.3 Å². The average Bonchev–Trinajstić information content (AvgIpc) is 2.32. The largest absolute Gasteiger partial charge is 0.480 e. The number of carbonyl (C=O) groups is 4. The lowest BCUT2D eigenvalue weighted by Crippen LogP contribution is -2.39. The van der Waals surface area contributed by atoms with Crippen molar-refractivity contribution in [2.75, 3.05) is 6.54 Å². The Morgan fingerprint density at radius 3 is 2.50 bits per heavy atom. The summed E-state index contributed by atoms with van der Waals surface area (Å²) in [6, 6.07) is -0.695. The van der Waals surface area contributed by atoms with E-state index in [9.17, 15) is 19.2 Å². The molecule has 0 aromatic rings. The third kappa shape index (κ3) is 7.50. The Morgan fingerprint density at radius 1 is 1.33 bits per heavy atom. The van der Waals surface area contributed by atoms with Gasteiger partial charge in [0.15, 0.2) is 0 Å². The van der Waals surface area contributed by atoms with Crippen molar-refractivity contribution in [3.63, 3.8) is 0 Å². The fourth-order valence-electron chi connectivity index (χ4n) is 1.31. The van der Waals surface area contributed by atoms with E-state index < -0.39 is 23.8 Å². The quantitative estimate of drug-likeness (QED) is 0.378. The lowest BCUT2D eigenvalue weighted by molar-refractivity contribution is -0.140. The van der Waals surface area contributed by atoms with Crippen molar-refractivity contribution in [1.29, 1.82) is 0 Å². The second kappa shape index (κ2) is 9.29. The van der Waals surface area contributed by atoms with Gasteiger partial charge in [0.25, 0.3) is 5.91 Å².